The first-order chi connectivity index (χ1) is 6.77. The maximum absolute atomic E-state index is 10.5. The van der Waals surface area contributed by atoms with Gasteiger partial charge in [-0.25, -0.2) is 0 Å². The predicted molar refractivity (Wildman–Crippen MR) is 54.2 cm³/mol. The van der Waals surface area contributed by atoms with Crippen LogP contribution in [0.2, 0.25) is 0 Å². The van der Waals surface area contributed by atoms with Gasteiger partial charge < -0.3 is 5.11 Å². The number of hydrogen-bond donors (Lipinski definition) is 1. The molecule has 1 saturated carbocycles. The van der Waals surface area contributed by atoms with Crippen molar-refractivity contribution < 1.29 is 9.90 Å². The van der Waals surface area contributed by atoms with Gasteiger partial charge in [0.15, 0.2) is 0 Å². The predicted octanol–water partition coefficient (Wildman–Crippen LogP) is 1.73. The third kappa shape index (κ3) is 2.08. The molecule has 0 spiro atoms. The molecule has 0 amide bonds. The fraction of sp³-hybridized carbons (Fsp3) is 0.909. The van der Waals surface area contributed by atoms with E-state index >= 15 is 0 Å². The van der Waals surface area contributed by atoms with E-state index in [1.54, 1.807) is 0 Å². The average Bonchev–Trinajstić information content (AvgIpc) is 2.62. The number of likely N-dealkylation sites (tertiary alicyclic amines) is 1. The molecule has 80 valence electrons. The Balaban J connectivity index is 1.87. The highest BCUT2D eigenvalue weighted by atomic mass is 16.4. The normalized spacial score (nSPS) is 32.9. The Morgan fingerprint density at radius 2 is 2.07 bits per heavy atom. The highest BCUT2D eigenvalue weighted by Gasteiger charge is 2.34. The van der Waals surface area contributed by atoms with Crippen LogP contribution in [0.1, 0.15) is 38.5 Å². The number of hydrogen-bond acceptors (Lipinski definition) is 2. The van der Waals surface area contributed by atoms with E-state index in [-0.39, 0.29) is 0 Å². The molecule has 1 heterocycles. The Morgan fingerprint density at radius 3 is 2.86 bits per heavy atom. The minimum absolute atomic E-state index is 0.309. The molecule has 1 N–H and O–H groups in total. The van der Waals surface area contributed by atoms with E-state index in [1.165, 1.54) is 32.1 Å². The van der Waals surface area contributed by atoms with Gasteiger partial charge in [0.05, 0.1) is 6.42 Å². The zero-order valence-electron chi connectivity index (χ0n) is 8.61. The maximum atomic E-state index is 10.5. The number of carboxylic acid groups (broad SMARTS) is 1. The van der Waals surface area contributed by atoms with Crippen molar-refractivity contribution in [3.05, 3.63) is 0 Å². The number of aliphatic carboxylic acids is 1. The first kappa shape index (κ1) is 9.97. The fourth-order valence-corrected chi connectivity index (χ4v) is 3.07. The summed E-state index contributed by atoms with van der Waals surface area (Å²) in [6.07, 6.45) is 6.95. The van der Waals surface area contributed by atoms with Gasteiger partial charge in [0, 0.05) is 12.6 Å². The molecule has 2 fully saturated rings. The zero-order chi connectivity index (χ0) is 9.97. The topological polar surface area (TPSA) is 40.5 Å². The zero-order valence-corrected chi connectivity index (χ0v) is 8.61. The highest BCUT2D eigenvalue weighted by molar-refractivity contribution is 5.66. The molecular weight excluding hydrogens is 178 g/mol. The number of carboxylic acids is 1. The van der Waals surface area contributed by atoms with Gasteiger partial charge in [-0.2, -0.15) is 0 Å². The van der Waals surface area contributed by atoms with E-state index in [9.17, 15) is 4.79 Å². The molecular formula is C11H19NO2. The van der Waals surface area contributed by atoms with E-state index in [0.717, 1.165) is 19.0 Å². The van der Waals surface area contributed by atoms with Gasteiger partial charge in [-0.1, -0.05) is 6.42 Å². The van der Waals surface area contributed by atoms with Crippen molar-refractivity contribution >= 4 is 5.97 Å². The standard InChI is InChI=1S/C11H19NO2/c13-11(14)6-8-12-7-2-4-9-3-1-5-10(9)12/h9-10H,1-8H2,(H,13,14). The maximum Gasteiger partial charge on any atom is 0.304 e. The summed E-state index contributed by atoms with van der Waals surface area (Å²) in [4.78, 5) is 12.9. The van der Waals surface area contributed by atoms with Crippen LogP contribution in [0.15, 0.2) is 0 Å². The van der Waals surface area contributed by atoms with Gasteiger partial charge in [0.1, 0.15) is 0 Å². The molecule has 0 aromatic heterocycles. The molecule has 14 heavy (non-hydrogen) atoms. The van der Waals surface area contributed by atoms with Crippen LogP contribution in [0, 0.1) is 5.92 Å². The van der Waals surface area contributed by atoms with Crippen LogP contribution in [0.5, 0.6) is 0 Å². The van der Waals surface area contributed by atoms with Crippen molar-refractivity contribution in [3.63, 3.8) is 0 Å². The number of nitrogens with zero attached hydrogens (tertiary/aromatic N) is 1. The van der Waals surface area contributed by atoms with Crippen LogP contribution in [-0.2, 0) is 4.79 Å². The number of rotatable bonds is 3. The lowest BCUT2D eigenvalue weighted by atomic mass is 9.92. The summed E-state index contributed by atoms with van der Waals surface area (Å²) in [6.45, 7) is 1.88. The van der Waals surface area contributed by atoms with E-state index < -0.39 is 5.97 Å². The molecule has 2 aliphatic rings. The molecule has 2 rings (SSSR count). The fourth-order valence-electron chi connectivity index (χ4n) is 3.07. The first-order valence-electron chi connectivity index (χ1n) is 5.73. The SMILES string of the molecule is O=C(O)CCN1CCCC2CCCC21. The Hall–Kier alpha value is -0.570. The number of fused-ring (bicyclic) bond motifs is 1. The largest absolute Gasteiger partial charge is 0.481 e. The summed E-state index contributed by atoms with van der Waals surface area (Å²) < 4.78 is 0. The molecule has 3 heteroatoms. The van der Waals surface area contributed by atoms with E-state index in [4.69, 9.17) is 5.11 Å². The molecule has 3 nitrogen and oxygen atoms in total. The molecule has 1 aliphatic carbocycles. The van der Waals surface area contributed by atoms with Gasteiger partial charge in [-0.15, -0.1) is 0 Å². The van der Waals surface area contributed by atoms with E-state index in [1.807, 2.05) is 0 Å². The molecule has 0 radical (unpaired) electrons. The Bertz CT molecular complexity index is 217. The Labute approximate surface area is 85.1 Å². The van der Waals surface area contributed by atoms with Crippen LogP contribution < -0.4 is 0 Å². The summed E-state index contributed by atoms with van der Waals surface area (Å²) in [5.41, 5.74) is 0. The molecule has 2 unspecified atom stereocenters. The highest BCUT2D eigenvalue weighted by Crippen LogP contribution is 2.36. The smallest absolute Gasteiger partial charge is 0.304 e. The van der Waals surface area contributed by atoms with Crippen molar-refractivity contribution in [1.82, 2.24) is 4.90 Å². The minimum atomic E-state index is -0.662. The molecule has 1 saturated heterocycles. The first-order valence-corrected chi connectivity index (χ1v) is 5.73. The van der Waals surface area contributed by atoms with Gasteiger partial charge in [0.25, 0.3) is 0 Å². The van der Waals surface area contributed by atoms with Crippen molar-refractivity contribution in [2.75, 3.05) is 13.1 Å². The van der Waals surface area contributed by atoms with Crippen molar-refractivity contribution in [1.29, 1.82) is 0 Å². The lowest BCUT2D eigenvalue weighted by molar-refractivity contribution is -0.137. The monoisotopic (exact) mass is 197 g/mol. The van der Waals surface area contributed by atoms with Gasteiger partial charge in [-0.05, 0) is 38.1 Å². The van der Waals surface area contributed by atoms with Crippen molar-refractivity contribution in [2.24, 2.45) is 5.92 Å². The minimum Gasteiger partial charge on any atom is -0.481 e. The molecule has 0 aromatic carbocycles. The quantitative estimate of drug-likeness (QED) is 0.749. The molecule has 2 atom stereocenters. The summed E-state index contributed by atoms with van der Waals surface area (Å²) >= 11 is 0. The molecule has 0 bridgehead atoms. The average molecular weight is 197 g/mol. The lowest BCUT2D eigenvalue weighted by Gasteiger charge is -2.37. The van der Waals surface area contributed by atoms with Crippen molar-refractivity contribution in [2.45, 2.75) is 44.6 Å². The van der Waals surface area contributed by atoms with Crippen LogP contribution in [0.25, 0.3) is 0 Å². The summed E-state index contributed by atoms with van der Waals surface area (Å²) in [7, 11) is 0. The van der Waals surface area contributed by atoms with E-state index in [0.29, 0.717) is 12.5 Å². The second kappa shape index (κ2) is 4.30. The number of carbonyl (C=O) groups is 1. The third-order valence-electron chi connectivity index (χ3n) is 3.72. The van der Waals surface area contributed by atoms with Crippen LogP contribution in [0.4, 0.5) is 0 Å². The van der Waals surface area contributed by atoms with Gasteiger partial charge in [-0.3, -0.25) is 9.69 Å². The van der Waals surface area contributed by atoms with E-state index in [2.05, 4.69) is 4.90 Å². The Kier molecular flexibility index (Phi) is 3.06. The van der Waals surface area contributed by atoms with Crippen LogP contribution >= 0.6 is 0 Å². The van der Waals surface area contributed by atoms with Gasteiger partial charge in [0.2, 0.25) is 0 Å². The van der Waals surface area contributed by atoms with Gasteiger partial charge >= 0.3 is 5.97 Å². The summed E-state index contributed by atoms with van der Waals surface area (Å²) in [5.74, 6) is 0.211. The van der Waals surface area contributed by atoms with Crippen molar-refractivity contribution in [3.8, 4) is 0 Å². The summed E-state index contributed by atoms with van der Waals surface area (Å²) in [6, 6.07) is 0.711. The number of piperidine rings is 1. The third-order valence-corrected chi connectivity index (χ3v) is 3.72. The Morgan fingerprint density at radius 1 is 1.29 bits per heavy atom. The lowest BCUT2D eigenvalue weighted by Crippen LogP contribution is -2.43. The van der Waals surface area contributed by atoms with Crippen LogP contribution in [0.3, 0.4) is 0 Å². The second-order valence-electron chi connectivity index (χ2n) is 4.58. The second-order valence-corrected chi connectivity index (χ2v) is 4.58. The molecule has 1 aliphatic heterocycles. The van der Waals surface area contributed by atoms with Crippen LogP contribution in [-0.4, -0.2) is 35.1 Å². The molecule has 0 aromatic rings. The summed E-state index contributed by atoms with van der Waals surface area (Å²) in [5, 5.41) is 8.66.